The van der Waals surface area contributed by atoms with Gasteiger partial charge in [-0.05, 0) is 54.8 Å². The Bertz CT molecular complexity index is 702. The van der Waals surface area contributed by atoms with Gasteiger partial charge < -0.3 is 5.32 Å². The summed E-state index contributed by atoms with van der Waals surface area (Å²) in [7, 11) is 0. The first-order valence-corrected chi connectivity index (χ1v) is 7.07. The average molecular weight is 325 g/mol. The number of aryl methyl sites for hydroxylation is 2. The summed E-state index contributed by atoms with van der Waals surface area (Å²) < 4.78 is 0. The van der Waals surface area contributed by atoms with Crippen molar-refractivity contribution in [3.8, 4) is 0 Å². The second-order valence-electron chi connectivity index (χ2n) is 4.80. The molecule has 0 fully saturated rings. The van der Waals surface area contributed by atoms with Gasteiger partial charge in [-0.2, -0.15) is 0 Å². The second-order valence-corrected chi connectivity index (χ2v) is 5.64. The summed E-state index contributed by atoms with van der Waals surface area (Å²) in [5.41, 5.74) is 3.18. The van der Waals surface area contributed by atoms with Crippen LogP contribution in [0.3, 0.4) is 0 Å². The molecule has 110 valence electrons. The van der Waals surface area contributed by atoms with Crippen molar-refractivity contribution >= 4 is 34.6 Å². The molecule has 0 heterocycles. The van der Waals surface area contributed by atoms with Crippen LogP contribution in [0.2, 0.25) is 10.0 Å². The molecule has 0 saturated heterocycles. The molecular formula is C15H14Cl2N2O2. The summed E-state index contributed by atoms with van der Waals surface area (Å²) in [6, 6.07) is 8.48. The van der Waals surface area contributed by atoms with E-state index in [1.54, 1.807) is 30.3 Å². The molecule has 0 aromatic heterocycles. The van der Waals surface area contributed by atoms with Crippen molar-refractivity contribution in [2.45, 2.75) is 20.4 Å². The first-order valence-electron chi connectivity index (χ1n) is 6.32. The van der Waals surface area contributed by atoms with Gasteiger partial charge in [0.05, 0.1) is 4.92 Å². The maximum atomic E-state index is 11.1. The average Bonchev–Trinajstić information content (AvgIpc) is 2.42. The van der Waals surface area contributed by atoms with Gasteiger partial charge in [0.25, 0.3) is 5.69 Å². The van der Waals surface area contributed by atoms with Crippen LogP contribution in [0.4, 0.5) is 11.4 Å². The molecule has 0 saturated carbocycles. The number of nitrogens with one attached hydrogen (secondary N) is 1. The van der Waals surface area contributed by atoms with Crippen molar-refractivity contribution in [1.29, 1.82) is 0 Å². The van der Waals surface area contributed by atoms with Gasteiger partial charge in [-0.3, -0.25) is 10.1 Å². The predicted octanol–water partition coefficient (Wildman–Crippen LogP) is 5.13. The van der Waals surface area contributed by atoms with Crippen LogP contribution in [0.1, 0.15) is 16.7 Å². The van der Waals surface area contributed by atoms with E-state index in [0.29, 0.717) is 22.3 Å². The van der Waals surface area contributed by atoms with Gasteiger partial charge in [0, 0.05) is 22.7 Å². The van der Waals surface area contributed by atoms with Crippen LogP contribution in [-0.2, 0) is 6.54 Å². The molecule has 0 atom stereocenters. The first-order chi connectivity index (χ1) is 9.88. The van der Waals surface area contributed by atoms with Crippen LogP contribution in [0.5, 0.6) is 0 Å². The zero-order valence-electron chi connectivity index (χ0n) is 11.6. The monoisotopic (exact) mass is 324 g/mol. The van der Waals surface area contributed by atoms with Crippen molar-refractivity contribution in [3.05, 3.63) is 67.2 Å². The minimum Gasteiger partial charge on any atom is -0.375 e. The van der Waals surface area contributed by atoms with E-state index < -0.39 is 4.92 Å². The second kappa shape index (κ2) is 6.33. The highest BCUT2D eigenvalue weighted by Crippen LogP contribution is 2.29. The molecule has 4 nitrogen and oxygen atoms in total. The lowest BCUT2D eigenvalue weighted by Crippen LogP contribution is -2.04. The van der Waals surface area contributed by atoms with Crippen molar-refractivity contribution in [3.63, 3.8) is 0 Å². The third-order valence-corrected chi connectivity index (χ3v) is 3.89. The van der Waals surface area contributed by atoms with E-state index in [1.165, 1.54) is 0 Å². The molecule has 2 aromatic carbocycles. The summed E-state index contributed by atoms with van der Waals surface area (Å²) >= 11 is 12.0. The Morgan fingerprint density at radius 2 is 1.81 bits per heavy atom. The van der Waals surface area contributed by atoms with Crippen LogP contribution in [0.25, 0.3) is 0 Å². The summed E-state index contributed by atoms with van der Waals surface area (Å²) in [5, 5.41) is 15.3. The number of halogens is 2. The lowest BCUT2D eigenvalue weighted by Gasteiger charge is -2.11. The Kier molecular flexibility index (Phi) is 4.70. The zero-order chi connectivity index (χ0) is 15.6. The molecule has 0 radical (unpaired) electrons. The van der Waals surface area contributed by atoms with E-state index in [1.807, 2.05) is 13.8 Å². The van der Waals surface area contributed by atoms with Crippen molar-refractivity contribution in [1.82, 2.24) is 0 Å². The third-order valence-electron chi connectivity index (χ3n) is 3.29. The molecular weight excluding hydrogens is 311 g/mol. The molecule has 1 N–H and O–H groups in total. The highest BCUT2D eigenvalue weighted by Gasteiger charge is 2.15. The van der Waals surface area contributed by atoms with Gasteiger partial charge in [-0.1, -0.05) is 23.2 Å². The van der Waals surface area contributed by atoms with E-state index in [-0.39, 0.29) is 5.69 Å². The summed E-state index contributed by atoms with van der Waals surface area (Å²) in [5.74, 6) is 0. The van der Waals surface area contributed by atoms with Gasteiger partial charge >= 0.3 is 0 Å². The third kappa shape index (κ3) is 3.65. The van der Waals surface area contributed by atoms with E-state index in [0.717, 1.165) is 16.7 Å². The van der Waals surface area contributed by atoms with Gasteiger partial charge in [0.15, 0.2) is 0 Å². The lowest BCUT2D eigenvalue weighted by atomic mass is 10.1. The Morgan fingerprint density at radius 3 is 2.48 bits per heavy atom. The fourth-order valence-corrected chi connectivity index (χ4v) is 2.34. The minimum atomic E-state index is -0.394. The number of hydrogen-bond donors (Lipinski definition) is 1. The van der Waals surface area contributed by atoms with Crippen LogP contribution in [0.15, 0.2) is 30.3 Å². The van der Waals surface area contributed by atoms with Gasteiger partial charge in [0.1, 0.15) is 5.69 Å². The standard InChI is InChI=1S/C15H14Cl2N2O2/c1-9-5-14(15(19(20)21)6-10(9)2)18-8-11-7-12(16)3-4-13(11)17/h3-7,18H,8H2,1-2H3. The summed E-state index contributed by atoms with van der Waals surface area (Å²) in [6.07, 6.45) is 0. The molecule has 0 unspecified atom stereocenters. The normalized spacial score (nSPS) is 10.5. The van der Waals surface area contributed by atoms with E-state index in [9.17, 15) is 10.1 Å². The topological polar surface area (TPSA) is 55.2 Å². The smallest absolute Gasteiger partial charge is 0.292 e. The van der Waals surface area contributed by atoms with E-state index in [2.05, 4.69) is 5.32 Å². The molecule has 0 spiro atoms. The maximum Gasteiger partial charge on any atom is 0.292 e. The van der Waals surface area contributed by atoms with Gasteiger partial charge in [-0.15, -0.1) is 0 Å². The van der Waals surface area contributed by atoms with Crippen LogP contribution in [-0.4, -0.2) is 4.92 Å². The number of benzene rings is 2. The molecule has 0 aliphatic heterocycles. The fourth-order valence-electron chi connectivity index (χ4n) is 1.96. The molecule has 2 rings (SSSR count). The number of rotatable bonds is 4. The molecule has 2 aromatic rings. The Labute approximate surface area is 132 Å². The molecule has 0 bridgehead atoms. The Balaban J connectivity index is 2.29. The van der Waals surface area contributed by atoms with Crippen LogP contribution < -0.4 is 5.32 Å². The maximum absolute atomic E-state index is 11.1. The quantitative estimate of drug-likeness (QED) is 0.626. The first kappa shape index (κ1) is 15.6. The summed E-state index contributed by atoms with van der Waals surface area (Å²) in [6.45, 7) is 4.12. The molecule has 21 heavy (non-hydrogen) atoms. The number of nitro groups is 1. The molecule has 0 aliphatic carbocycles. The van der Waals surface area contributed by atoms with Crippen molar-refractivity contribution < 1.29 is 4.92 Å². The van der Waals surface area contributed by atoms with Gasteiger partial charge in [-0.25, -0.2) is 0 Å². The van der Waals surface area contributed by atoms with Crippen molar-refractivity contribution in [2.75, 3.05) is 5.32 Å². The highest BCUT2D eigenvalue weighted by atomic mass is 35.5. The Morgan fingerprint density at radius 1 is 1.14 bits per heavy atom. The highest BCUT2D eigenvalue weighted by molar-refractivity contribution is 6.33. The van der Waals surface area contributed by atoms with Crippen LogP contribution in [0, 0.1) is 24.0 Å². The SMILES string of the molecule is Cc1cc(NCc2cc(Cl)ccc2Cl)c([N+](=O)[O-])cc1C. The number of anilines is 1. The molecule has 0 aliphatic rings. The van der Waals surface area contributed by atoms with E-state index >= 15 is 0 Å². The lowest BCUT2D eigenvalue weighted by molar-refractivity contribution is -0.384. The predicted molar refractivity (Wildman–Crippen MR) is 86.4 cm³/mol. The summed E-state index contributed by atoms with van der Waals surface area (Å²) in [4.78, 5) is 10.7. The van der Waals surface area contributed by atoms with Crippen molar-refractivity contribution in [2.24, 2.45) is 0 Å². The zero-order valence-corrected chi connectivity index (χ0v) is 13.1. The number of hydrogen-bond acceptors (Lipinski definition) is 3. The van der Waals surface area contributed by atoms with E-state index in [4.69, 9.17) is 23.2 Å². The number of nitro benzene ring substituents is 1. The van der Waals surface area contributed by atoms with Crippen LogP contribution >= 0.6 is 23.2 Å². The molecule has 6 heteroatoms. The van der Waals surface area contributed by atoms with Gasteiger partial charge in [0.2, 0.25) is 0 Å². The Hall–Kier alpha value is -1.78. The fraction of sp³-hybridized carbons (Fsp3) is 0.200. The minimum absolute atomic E-state index is 0.0521. The largest absolute Gasteiger partial charge is 0.375 e. The number of nitrogens with zero attached hydrogens (tertiary/aromatic N) is 1. The molecule has 0 amide bonds.